The van der Waals surface area contributed by atoms with E-state index < -0.39 is 5.91 Å². The Morgan fingerprint density at radius 1 is 0.889 bits per heavy atom. The molecule has 0 aliphatic rings. The minimum atomic E-state index is -0.404. The van der Waals surface area contributed by atoms with Crippen molar-refractivity contribution in [3.63, 3.8) is 0 Å². The molecule has 0 bridgehead atoms. The molecule has 3 aromatic carbocycles. The summed E-state index contributed by atoms with van der Waals surface area (Å²) in [4.78, 5) is 30.5. The molecule has 27 heavy (non-hydrogen) atoms. The molecule has 4 rings (SSSR count). The van der Waals surface area contributed by atoms with E-state index in [0.717, 1.165) is 5.56 Å². The molecule has 1 N–H and O–H groups in total. The van der Waals surface area contributed by atoms with Gasteiger partial charge in [-0.15, -0.1) is 0 Å². The Kier molecular flexibility index (Phi) is 4.56. The summed E-state index contributed by atoms with van der Waals surface area (Å²) in [5.41, 5.74) is 4.10. The number of carbonyl (C=O) groups is 1. The molecule has 0 saturated heterocycles. The van der Waals surface area contributed by atoms with Crippen molar-refractivity contribution in [3.8, 4) is 11.4 Å². The fraction of sp³-hybridized carbons (Fsp3) is 0. The SMILES string of the molecule is O=C(Nn1c(-c2ccccc2)nc2ccccc2c1=O)c1ccccc1Br. The largest absolute Gasteiger partial charge is 0.280 e. The second-order valence-corrected chi connectivity index (χ2v) is 6.73. The van der Waals surface area contributed by atoms with Crippen LogP contribution in [0.2, 0.25) is 0 Å². The second kappa shape index (κ2) is 7.17. The highest BCUT2D eigenvalue weighted by Gasteiger charge is 2.16. The number of nitrogens with one attached hydrogen (secondary N) is 1. The van der Waals surface area contributed by atoms with Gasteiger partial charge in [0, 0.05) is 10.0 Å². The van der Waals surface area contributed by atoms with E-state index >= 15 is 0 Å². The van der Waals surface area contributed by atoms with Crippen LogP contribution in [0.4, 0.5) is 0 Å². The predicted octanol–water partition coefficient (Wildman–Crippen LogP) is 4.21. The Hall–Kier alpha value is -3.25. The van der Waals surface area contributed by atoms with Crippen LogP contribution in [0, 0.1) is 0 Å². The maximum Gasteiger partial charge on any atom is 0.280 e. The van der Waals surface area contributed by atoms with Crippen LogP contribution in [0.5, 0.6) is 0 Å². The van der Waals surface area contributed by atoms with Crippen LogP contribution in [0.1, 0.15) is 10.4 Å². The Labute approximate surface area is 163 Å². The number of rotatable bonds is 3. The van der Waals surface area contributed by atoms with E-state index in [1.165, 1.54) is 4.68 Å². The van der Waals surface area contributed by atoms with Crippen LogP contribution < -0.4 is 11.0 Å². The maximum atomic E-state index is 13.1. The molecule has 0 spiro atoms. The lowest BCUT2D eigenvalue weighted by Crippen LogP contribution is -2.35. The van der Waals surface area contributed by atoms with Crippen molar-refractivity contribution in [2.24, 2.45) is 0 Å². The maximum absolute atomic E-state index is 13.1. The third-order valence-corrected chi connectivity index (χ3v) is 4.83. The molecule has 4 aromatic rings. The third kappa shape index (κ3) is 3.27. The molecule has 0 fully saturated rings. The summed E-state index contributed by atoms with van der Waals surface area (Å²) in [5, 5.41) is 0.435. The van der Waals surface area contributed by atoms with Crippen molar-refractivity contribution >= 4 is 32.7 Å². The van der Waals surface area contributed by atoms with E-state index in [2.05, 4.69) is 26.3 Å². The summed E-state index contributed by atoms with van der Waals surface area (Å²) in [5.74, 6) is -0.0291. The van der Waals surface area contributed by atoms with Crippen molar-refractivity contribution in [2.45, 2.75) is 0 Å². The smallest absolute Gasteiger partial charge is 0.267 e. The van der Waals surface area contributed by atoms with Gasteiger partial charge in [0.1, 0.15) is 0 Å². The number of aromatic nitrogens is 2. The zero-order valence-electron chi connectivity index (χ0n) is 14.1. The summed E-state index contributed by atoms with van der Waals surface area (Å²) in [6.45, 7) is 0. The van der Waals surface area contributed by atoms with Crippen LogP contribution in [-0.2, 0) is 0 Å². The molecule has 5 nitrogen and oxygen atoms in total. The molecule has 132 valence electrons. The highest BCUT2D eigenvalue weighted by molar-refractivity contribution is 9.10. The number of carbonyl (C=O) groups excluding carboxylic acids is 1. The lowest BCUT2D eigenvalue weighted by Gasteiger charge is -2.15. The fourth-order valence-electron chi connectivity index (χ4n) is 2.82. The monoisotopic (exact) mass is 419 g/mol. The second-order valence-electron chi connectivity index (χ2n) is 5.88. The first-order chi connectivity index (χ1) is 13.1. The zero-order chi connectivity index (χ0) is 18.8. The average molecular weight is 420 g/mol. The average Bonchev–Trinajstić information content (AvgIpc) is 2.71. The molecule has 0 saturated carbocycles. The summed E-state index contributed by atoms with van der Waals surface area (Å²) in [6, 6.07) is 23.4. The Balaban J connectivity index is 1.90. The van der Waals surface area contributed by atoms with Crippen LogP contribution in [-0.4, -0.2) is 15.6 Å². The van der Waals surface area contributed by atoms with Crippen LogP contribution >= 0.6 is 15.9 Å². The summed E-state index contributed by atoms with van der Waals surface area (Å²) in [7, 11) is 0. The van der Waals surface area contributed by atoms with Crippen molar-refractivity contribution in [2.75, 3.05) is 5.43 Å². The molecule has 1 amide bonds. The predicted molar refractivity (Wildman–Crippen MR) is 109 cm³/mol. The number of para-hydroxylation sites is 1. The molecule has 0 aliphatic carbocycles. The van der Waals surface area contributed by atoms with Crippen LogP contribution in [0.3, 0.4) is 0 Å². The van der Waals surface area contributed by atoms with Crippen molar-refractivity contribution < 1.29 is 4.79 Å². The van der Waals surface area contributed by atoms with E-state index in [9.17, 15) is 9.59 Å². The van der Waals surface area contributed by atoms with Gasteiger partial charge in [0.25, 0.3) is 11.5 Å². The molecule has 0 unspecified atom stereocenters. The Morgan fingerprint density at radius 3 is 2.33 bits per heavy atom. The first kappa shape index (κ1) is 17.2. The van der Waals surface area contributed by atoms with Gasteiger partial charge >= 0.3 is 0 Å². The van der Waals surface area contributed by atoms with Gasteiger partial charge in [0.05, 0.1) is 16.5 Å². The molecule has 6 heteroatoms. The number of amides is 1. The topological polar surface area (TPSA) is 64.0 Å². The standard InChI is InChI=1S/C21H14BrN3O2/c22-17-12-6-4-10-15(17)20(26)24-25-19(14-8-2-1-3-9-14)23-18-13-7-5-11-16(18)21(25)27/h1-13H,(H,24,26). The number of benzene rings is 3. The van der Waals surface area contributed by atoms with Gasteiger partial charge in [-0.1, -0.05) is 54.6 Å². The molecule has 0 aliphatic heterocycles. The number of halogens is 1. The zero-order valence-corrected chi connectivity index (χ0v) is 15.7. The highest BCUT2D eigenvalue weighted by Crippen LogP contribution is 2.19. The van der Waals surface area contributed by atoms with Gasteiger partial charge in [0.2, 0.25) is 0 Å². The fourth-order valence-corrected chi connectivity index (χ4v) is 3.29. The van der Waals surface area contributed by atoms with E-state index in [4.69, 9.17) is 0 Å². The molecule has 0 atom stereocenters. The van der Waals surface area contributed by atoms with Gasteiger partial charge < -0.3 is 0 Å². The van der Waals surface area contributed by atoms with Gasteiger partial charge in [-0.25, -0.2) is 4.98 Å². The van der Waals surface area contributed by atoms with Crippen LogP contribution in [0.15, 0.2) is 88.1 Å². The van der Waals surface area contributed by atoms with Gasteiger partial charge in [-0.2, -0.15) is 4.68 Å². The molecule has 1 aromatic heterocycles. The highest BCUT2D eigenvalue weighted by atomic mass is 79.9. The first-order valence-electron chi connectivity index (χ1n) is 8.28. The Morgan fingerprint density at radius 2 is 1.56 bits per heavy atom. The van der Waals surface area contributed by atoms with Gasteiger partial charge in [-0.3, -0.25) is 15.0 Å². The molecular weight excluding hydrogens is 406 g/mol. The molecular formula is C21H14BrN3O2. The third-order valence-electron chi connectivity index (χ3n) is 4.14. The summed E-state index contributed by atoms with van der Waals surface area (Å²) >= 11 is 3.37. The Bertz CT molecular complexity index is 1200. The van der Waals surface area contributed by atoms with E-state index in [0.29, 0.717) is 26.8 Å². The van der Waals surface area contributed by atoms with E-state index in [1.807, 2.05) is 42.5 Å². The number of hydrogen-bond acceptors (Lipinski definition) is 3. The number of nitrogens with zero attached hydrogens (tertiary/aromatic N) is 2. The quantitative estimate of drug-likeness (QED) is 0.540. The van der Waals surface area contributed by atoms with Crippen LogP contribution in [0.25, 0.3) is 22.3 Å². The summed E-state index contributed by atoms with van der Waals surface area (Å²) < 4.78 is 1.85. The van der Waals surface area contributed by atoms with Crippen molar-refractivity contribution in [1.29, 1.82) is 0 Å². The molecule has 0 radical (unpaired) electrons. The number of hydrogen-bond donors (Lipinski definition) is 1. The lowest BCUT2D eigenvalue weighted by atomic mass is 10.2. The van der Waals surface area contributed by atoms with Crippen molar-refractivity contribution in [1.82, 2.24) is 9.66 Å². The first-order valence-corrected chi connectivity index (χ1v) is 9.07. The minimum absolute atomic E-state index is 0.333. The van der Waals surface area contributed by atoms with Gasteiger partial charge in [0.15, 0.2) is 5.82 Å². The molecule has 1 heterocycles. The summed E-state index contributed by atoms with van der Waals surface area (Å²) in [6.07, 6.45) is 0. The number of fused-ring (bicyclic) bond motifs is 1. The van der Waals surface area contributed by atoms with E-state index in [1.54, 1.807) is 36.4 Å². The normalized spacial score (nSPS) is 10.7. The van der Waals surface area contributed by atoms with Gasteiger partial charge in [-0.05, 0) is 40.2 Å². The van der Waals surface area contributed by atoms with E-state index in [-0.39, 0.29) is 5.56 Å². The lowest BCUT2D eigenvalue weighted by molar-refractivity contribution is 0.101. The van der Waals surface area contributed by atoms with Crippen molar-refractivity contribution in [3.05, 3.63) is 99.3 Å². The minimum Gasteiger partial charge on any atom is -0.267 e.